The summed E-state index contributed by atoms with van der Waals surface area (Å²) in [5.74, 6) is 1.16. The molecular weight excluding hydrogens is 138 g/mol. The molecule has 1 rings (SSSR count). The first-order valence-corrected chi connectivity index (χ1v) is 4.13. The summed E-state index contributed by atoms with van der Waals surface area (Å²) in [6.07, 6.45) is 5.66. The summed E-state index contributed by atoms with van der Waals surface area (Å²) in [6, 6.07) is 0.717. The van der Waals surface area contributed by atoms with E-state index < -0.39 is 0 Å². The van der Waals surface area contributed by atoms with E-state index in [1.807, 2.05) is 0 Å². The largest absolute Gasteiger partial charge is 0.501 e. The fourth-order valence-corrected chi connectivity index (χ4v) is 1.45. The molecule has 0 saturated heterocycles. The number of hydrogen-bond donors (Lipinski definition) is 0. The van der Waals surface area contributed by atoms with E-state index in [1.165, 1.54) is 6.42 Å². The van der Waals surface area contributed by atoms with Crippen LogP contribution in [-0.2, 0) is 4.74 Å². The molecule has 0 amide bonds. The molecular formula is C9H17NO. The van der Waals surface area contributed by atoms with E-state index in [0.717, 1.165) is 18.6 Å². The third-order valence-corrected chi connectivity index (χ3v) is 2.33. The predicted octanol–water partition coefficient (Wildman–Crippen LogP) is 1.63. The molecule has 1 aliphatic carbocycles. The van der Waals surface area contributed by atoms with E-state index in [1.54, 1.807) is 7.11 Å². The normalized spacial score (nSPS) is 25.1. The molecule has 11 heavy (non-hydrogen) atoms. The van der Waals surface area contributed by atoms with Gasteiger partial charge in [-0.25, -0.2) is 0 Å². The Bertz CT molecular complexity index is 152. The topological polar surface area (TPSA) is 12.5 Å². The van der Waals surface area contributed by atoms with Crippen LogP contribution in [0.25, 0.3) is 0 Å². The Balaban J connectivity index is 2.41. The summed E-state index contributed by atoms with van der Waals surface area (Å²) in [6.45, 7) is 0. The first-order valence-electron chi connectivity index (χ1n) is 4.13. The van der Waals surface area contributed by atoms with Gasteiger partial charge in [0, 0.05) is 12.5 Å². The van der Waals surface area contributed by atoms with Crippen molar-refractivity contribution in [3.63, 3.8) is 0 Å². The highest BCUT2D eigenvalue weighted by Gasteiger charge is 2.15. The first kappa shape index (κ1) is 8.60. The van der Waals surface area contributed by atoms with Crippen molar-refractivity contribution in [2.45, 2.75) is 25.3 Å². The van der Waals surface area contributed by atoms with Gasteiger partial charge in [0.1, 0.15) is 0 Å². The molecule has 0 aliphatic heterocycles. The fraction of sp³-hybridized carbons (Fsp3) is 0.778. The molecule has 0 fully saturated rings. The zero-order valence-corrected chi connectivity index (χ0v) is 7.63. The average Bonchev–Trinajstić information content (AvgIpc) is 2.05. The van der Waals surface area contributed by atoms with E-state index in [4.69, 9.17) is 4.74 Å². The summed E-state index contributed by atoms with van der Waals surface area (Å²) >= 11 is 0. The molecule has 0 saturated carbocycles. The minimum atomic E-state index is 0.717. The van der Waals surface area contributed by atoms with Crippen molar-refractivity contribution < 1.29 is 4.74 Å². The average molecular weight is 155 g/mol. The van der Waals surface area contributed by atoms with Crippen LogP contribution in [0.3, 0.4) is 0 Å². The lowest BCUT2D eigenvalue weighted by molar-refractivity contribution is 0.220. The van der Waals surface area contributed by atoms with Gasteiger partial charge in [0.15, 0.2) is 0 Å². The molecule has 0 heterocycles. The predicted molar refractivity (Wildman–Crippen MR) is 46.4 cm³/mol. The van der Waals surface area contributed by atoms with Crippen molar-refractivity contribution in [1.82, 2.24) is 4.90 Å². The van der Waals surface area contributed by atoms with Crippen molar-refractivity contribution >= 4 is 0 Å². The van der Waals surface area contributed by atoms with Crippen molar-refractivity contribution in [3.05, 3.63) is 11.8 Å². The van der Waals surface area contributed by atoms with E-state index >= 15 is 0 Å². The second kappa shape index (κ2) is 3.77. The van der Waals surface area contributed by atoms with Crippen molar-refractivity contribution in [1.29, 1.82) is 0 Å². The maximum absolute atomic E-state index is 5.16. The van der Waals surface area contributed by atoms with Crippen LogP contribution < -0.4 is 0 Å². The minimum absolute atomic E-state index is 0.717. The second-order valence-corrected chi connectivity index (χ2v) is 3.27. The van der Waals surface area contributed by atoms with E-state index in [-0.39, 0.29) is 0 Å². The van der Waals surface area contributed by atoms with Crippen LogP contribution in [0.5, 0.6) is 0 Å². The van der Waals surface area contributed by atoms with Crippen LogP contribution in [0, 0.1) is 0 Å². The lowest BCUT2D eigenvalue weighted by Gasteiger charge is -2.26. The van der Waals surface area contributed by atoms with Crippen LogP contribution >= 0.6 is 0 Å². The number of allylic oxidation sites excluding steroid dienone is 1. The summed E-state index contributed by atoms with van der Waals surface area (Å²) in [7, 11) is 6.02. The van der Waals surface area contributed by atoms with Crippen molar-refractivity contribution in [2.75, 3.05) is 21.2 Å². The molecule has 1 unspecified atom stereocenters. The molecule has 64 valence electrons. The molecule has 0 bridgehead atoms. The highest BCUT2D eigenvalue weighted by Crippen LogP contribution is 2.20. The quantitative estimate of drug-likeness (QED) is 0.601. The van der Waals surface area contributed by atoms with Crippen LogP contribution in [0.4, 0.5) is 0 Å². The Morgan fingerprint density at radius 2 is 2.27 bits per heavy atom. The number of rotatable bonds is 2. The van der Waals surface area contributed by atoms with E-state index in [2.05, 4.69) is 25.1 Å². The molecule has 1 aliphatic rings. The molecule has 1 atom stereocenters. The number of nitrogens with zero attached hydrogens (tertiary/aromatic N) is 1. The highest BCUT2D eigenvalue weighted by molar-refractivity contribution is 5.00. The minimum Gasteiger partial charge on any atom is -0.501 e. The van der Waals surface area contributed by atoms with Gasteiger partial charge >= 0.3 is 0 Å². The molecule has 2 heteroatoms. The Morgan fingerprint density at radius 3 is 2.64 bits per heavy atom. The standard InChI is InChI=1S/C9H17NO/c1-10(2)8-4-6-9(11-3)7-5-8/h6,8H,4-5,7H2,1-3H3. The van der Waals surface area contributed by atoms with Gasteiger partial charge in [-0.3, -0.25) is 0 Å². The molecule has 0 spiro atoms. The molecule has 0 N–H and O–H groups in total. The van der Waals surface area contributed by atoms with Gasteiger partial charge < -0.3 is 9.64 Å². The van der Waals surface area contributed by atoms with Gasteiger partial charge in [-0.1, -0.05) is 0 Å². The fourth-order valence-electron chi connectivity index (χ4n) is 1.45. The van der Waals surface area contributed by atoms with Crippen LogP contribution in [0.15, 0.2) is 11.8 Å². The van der Waals surface area contributed by atoms with Crippen molar-refractivity contribution in [2.24, 2.45) is 0 Å². The third kappa shape index (κ3) is 2.22. The number of hydrogen-bond acceptors (Lipinski definition) is 2. The third-order valence-electron chi connectivity index (χ3n) is 2.33. The zero-order valence-electron chi connectivity index (χ0n) is 7.63. The maximum atomic E-state index is 5.16. The van der Waals surface area contributed by atoms with Gasteiger partial charge in [-0.2, -0.15) is 0 Å². The van der Waals surface area contributed by atoms with Crippen molar-refractivity contribution in [3.8, 4) is 0 Å². The summed E-state index contributed by atoms with van der Waals surface area (Å²) in [5, 5.41) is 0. The second-order valence-electron chi connectivity index (χ2n) is 3.27. The number of methoxy groups -OCH3 is 1. The lowest BCUT2D eigenvalue weighted by Crippen LogP contribution is -2.29. The summed E-state index contributed by atoms with van der Waals surface area (Å²) < 4.78 is 5.16. The first-order chi connectivity index (χ1) is 5.24. The maximum Gasteiger partial charge on any atom is 0.0916 e. The molecule has 0 aromatic heterocycles. The lowest BCUT2D eigenvalue weighted by atomic mass is 10.00. The Morgan fingerprint density at radius 1 is 1.55 bits per heavy atom. The smallest absolute Gasteiger partial charge is 0.0916 e. The van der Waals surface area contributed by atoms with E-state index in [0.29, 0.717) is 6.04 Å². The summed E-state index contributed by atoms with van der Waals surface area (Å²) in [5.41, 5.74) is 0. The van der Waals surface area contributed by atoms with Crippen LogP contribution in [0.2, 0.25) is 0 Å². The zero-order chi connectivity index (χ0) is 8.27. The van der Waals surface area contributed by atoms with Crippen LogP contribution in [0.1, 0.15) is 19.3 Å². The Kier molecular flexibility index (Phi) is 2.94. The monoisotopic (exact) mass is 155 g/mol. The van der Waals surface area contributed by atoms with Gasteiger partial charge in [0.2, 0.25) is 0 Å². The van der Waals surface area contributed by atoms with Gasteiger partial charge in [-0.05, 0) is 33.0 Å². The molecule has 0 radical (unpaired) electrons. The summed E-state index contributed by atoms with van der Waals surface area (Å²) in [4.78, 5) is 2.28. The SMILES string of the molecule is COC1=CCC(N(C)C)CC1. The molecule has 2 nitrogen and oxygen atoms in total. The Hall–Kier alpha value is -0.500. The van der Waals surface area contributed by atoms with Crippen LogP contribution in [-0.4, -0.2) is 32.1 Å². The van der Waals surface area contributed by atoms with Gasteiger partial charge in [-0.15, -0.1) is 0 Å². The number of ether oxygens (including phenoxy) is 1. The molecule has 0 aromatic rings. The Labute approximate surface area is 68.8 Å². The van der Waals surface area contributed by atoms with E-state index in [9.17, 15) is 0 Å². The van der Waals surface area contributed by atoms with Gasteiger partial charge in [0.05, 0.1) is 12.9 Å². The van der Waals surface area contributed by atoms with Gasteiger partial charge in [0.25, 0.3) is 0 Å². The highest BCUT2D eigenvalue weighted by atomic mass is 16.5. The molecule has 0 aromatic carbocycles.